The van der Waals surface area contributed by atoms with Gasteiger partial charge in [0.1, 0.15) is 0 Å². The number of nitrogens with zero attached hydrogens (tertiary/aromatic N) is 1. The fourth-order valence-electron chi connectivity index (χ4n) is 6.66. The van der Waals surface area contributed by atoms with Crippen LogP contribution in [0.4, 0.5) is 5.69 Å². The van der Waals surface area contributed by atoms with E-state index >= 15 is 0 Å². The van der Waals surface area contributed by atoms with Gasteiger partial charge in [-0.25, -0.2) is 9.69 Å². The maximum atomic E-state index is 14.1. The van der Waals surface area contributed by atoms with Gasteiger partial charge in [-0.15, -0.1) is 0 Å². The first-order valence-electron chi connectivity index (χ1n) is 13.5. The second-order valence-electron chi connectivity index (χ2n) is 10.5. The van der Waals surface area contributed by atoms with Crippen LogP contribution in [0.5, 0.6) is 0 Å². The highest BCUT2D eigenvalue weighted by Gasteiger charge is 2.67. The van der Waals surface area contributed by atoms with Gasteiger partial charge in [-0.3, -0.25) is 9.59 Å². The van der Waals surface area contributed by atoms with Gasteiger partial charge in [0, 0.05) is 5.92 Å². The van der Waals surface area contributed by atoms with Crippen molar-refractivity contribution in [3.63, 3.8) is 0 Å². The average molecular weight is 572 g/mol. The summed E-state index contributed by atoms with van der Waals surface area (Å²) in [6.45, 7) is 2.53. The van der Waals surface area contributed by atoms with Crippen molar-refractivity contribution in [1.29, 1.82) is 0 Å². The molecule has 2 bridgehead atoms. The Hall–Kier alpha value is -3.25. The zero-order valence-corrected chi connectivity index (χ0v) is 22.9. The van der Waals surface area contributed by atoms with Gasteiger partial charge < -0.3 is 4.74 Å². The summed E-state index contributed by atoms with van der Waals surface area (Å²) < 4.78 is 4.69. The molecule has 0 unspecified atom stereocenters. The predicted molar refractivity (Wildman–Crippen MR) is 149 cm³/mol. The summed E-state index contributed by atoms with van der Waals surface area (Å²) in [5.74, 6) is -2.20. The molecule has 0 spiro atoms. The van der Waals surface area contributed by atoms with E-state index in [1.54, 1.807) is 24.3 Å². The molecule has 1 aliphatic heterocycles. The van der Waals surface area contributed by atoms with Crippen molar-refractivity contribution in [2.24, 2.45) is 11.8 Å². The Bertz CT molecular complexity index is 1380. The first-order valence-corrected chi connectivity index (χ1v) is 14.3. The lowest BCUT2D eigenvalue weighted by atomic mass is 9.55. The molecule has 194 valence electrons. The molecule has 0 radical (unpaired) electrons. The van der Waals surface area contributed by atoms with E-state index in [2.05, 4.69) is 47.1 Å². The molecule has 4 aliphatic rings. The van der Waals surface area contributed by atoms with Crippen LogP contribution in [0.3, 0.4) is 0 Å². The number of halogens is 1. The quantitative estimate of drug-likeness (QED) is 0.130. The Kier molecular flexibility index (Phi) is 6.47. The van der Waals surface area contributed by atoms with E-state index in [1.165, 1.54) is 11.3 Å². The number of amides is 2. The molecular formula is C32H30BrNO4. The third kappa shape index (κ3) is 3.68. The maximum Gasteiger partial charge on any atom is 0.338 e. The predicted octanol–water partition coefficient (Wildman–Crippen LogP) is 6.72. The molecule has 3 aromatic rings. The summed E-state index contributed by atoms with van der Waals surface area (Å²) in [6, 6.07) is 22.9. The second kappa shape index (κ2) is 9.81. The van der Waals surface area contributed by atoms with Gasteiger partial charge in [0.25, 0.3) is 0 Å². The van der Waals surface area contributed by atoms with Crippen LogP contribution in [0, 0.1) is 11.8 Å². The van der Waals surface area contributed by atoms with Crippen LogP contribution >= 0.6 is 15.9 Å². The topological polar surface area (TPSA) is 63.7 Å². The van der Waals surface area contributed by atoms with Gasteiger partial charge in [-0.1, -0.05) is 103 Å². The summed E-state index contributed by atoms with van der Waals surface area (Å²) in [5.41, 5.74) is 5.02. The van der Waals surface area contributed by atoms with Crippen LogP contribution in [0.15, 0.2) is 72.8 Å². The highest BCUT2D eigenvalue weighted by atomic mass is 79.9. The monoisotopic (exact) mass is 571 g/mol. The van der Waals surface area contributed by atoms with Gasteiger partial charge in [0.15, 0.2) is 0 Å². The number of ether oxygens (including phenoxy) is 1. The van der Waals surface area contributed by atoms with Crippen molar-refractivity contribution >= 4 is 39.4 Å². The minimum Gasteiger partial charge on any atom is -0.462 e. The zero-order chi connectivity index (χ0) is 26.4. The summed E-state index contributed by atoms with van der Waals surface area (Å²) in [7, 11) is 0. The number of rotatable bonds is 8. The first kappa shape index (κ1) is 25.1. The van der Waals surface area contributed by atoms with Crippen molar-refractivity contribution in [3.05, 3.63) is 101 Å². The molecule has 3 aromatic carbocycles. The van der Waals surface area contributed by atoms with Crippen molar-refractivity contribution < 1.29 is 19.1 Å². The smallest absolute Gasteiger partial charge is 0.338 e. The Morgan fingerprint density at radius 3 is 2.21 bits per heavy atom. The number of carbonyl (C=O) groups excluding carboxylic acids is 3. The molecule has 1 saturated heterocycles. The van der Waals surface area contributed by atoms with E-state index < -0.39 is 22.1 Å². The summed E-state index contributed by atoms with van der Waals surface area (Å²) >= 11 is 4.02. The molecule has 1 fully saturated rings. The summed E-state index contributed by atoms with van der Waals surface area (Å²) in [6.07, 6.45) is 5.34. The van der Waals surface area contributed by atoms with Gasteiger partial charge in [0.2, 0.25) is 11.8 Å². The minimum atomic E-state index is -0.796. The van der Waals surface area contributed by atoms with E-state index in [1.807, 2.05) is 24.3 Å². The third-order valence-electron chi connectivity index (χ3n) is 8.34. The van der Waals surface area contributed by atoms with Gasteiger partial charge in [0.05, 0.1) is 34.0 Å². The summed E-state index contributed by atoms with van der Waals surface area (Å²) in [4.78, 5) is 42.2. The van der Waals surface area contributed by atoms with E-state index in [4.69, 9.17) is 4.74 Å². The molecule has 1 heterocycles. The van der Waals surface area contributed by atoms with Gasteiger partial charge in [-0.05, 0) is 46.9 Å². The van der Waals surface area contributed by atoms with Crippen molar-refractivity contribution in [2.75, 3.05) is 11.5 Å². The van der Waals surface area contributed by atoms with E-state index in [-0.39, 0.29) is 17.7 Å². The number of imide groups is 1. The van der Waals surface area contributed by atoms with Crippen LogP contribution in [-0.4, -0.2) is 24.4 Å². The third-order valence-corrected chi connectivity index (χ3v) is 9.68. The number of anilines is 1. The fourth-order valence-corrected chi connectivity index (χ4v) is 7.86. The molecule has 2 atom stereocenters. The van der Waals surface area contributed by atoms with Gasteiger partial charge in [-0.2, -0.15) is 0 Å². The Labute approximate surface area is 231 Å². The summed E-state index contributed by atoms with van der Waals surface area (Å²) in [5, 5.41) is 0. The Morgan fingerprint density at radius 2 is 1.53 bits per heavy atom. The molecule has 0 N–H and O–H groups in total. The van der Waals surface area contributed by atoms with Crippen LogP contribution in [0.2, 0.25) is 0 Å². The lowest BCUT2D eigenvalue weighted by molar-refractivity contribution is -0.122. The molecule has 0 aromatic heterocycles. The molecular weight excluding hydrogens is 542 g/mol. The lowest BCUT2D eigenvalue weighted by Crippen LogP contribution is -2.50. The van der Waals surface area contributed by atoms with E-state index in [0.717, 1.165) is 47.9 Å². The molecule has 0 saturated carbocycles. The molecule has 2 amide bonds. The largest absolute Gasteiger partial charge is 0.462 e. The number of benzene rings is 3. The molecule has 3 aliphatic carbocycles. The number of alkyl halides is 1. The fraction of sp³-hybridized carbons (Fsp3) is 0.344. The minimum absolute atomic E-state index is 0.200. The standard InChI is InChI=1S/C32H30BrNO4/c1-2-3-4-5-10-18-38-31(37)20-12-11-13-21(19-20)34-29(35)27-26-22-14-6-8-16-24(22)32(33,28(27)30(34)36)25-17-9-7-15-23(25)26/h6-9,11-17,19,26-28H,2-5,10,18H2,1H3/t26?,27-,28-,32?/m1/s1. The van der Waals surface area contributed by atoms with Crippen LogP contribution in [0.25, 0.3) is 0 Å². The van der Waals surface area contributed by atoms with E-state index in [0.29, 0.717) is 17.9 Å². The number of hydrogen-bond acceptors (Lipinski definition) is 4. The molecule has 7 rings (SSSR count). The molecule has 6 heteroatoms. The zero-order valence-electron chi connectivity index (χ0n) is 21.4. The van der Waals surface area contributed by atoms with E-state index in [9.17, 15) is 14.4 Å². The second-order valence-corrected chi connectivity index (χ2v) is 11.7. The van der Waals surface area contributed by atoms with Crippen molar-refractivity contribution in [2.45, 2.75) is 49.3 Å². The maximum absolute atomic E-state index is 14.1. The SMILES string of the molecule is CCCCCCCOC(=O)c1cccc(N2C(=O)[C@@H]3C4c5ccccc5C(Br)(c5ccccc54)[C@H]3C2=O)c1. The Balaban J connectivity index is 1.31. The number of carbonyl (C=O) groups is 3. The van der Waals surface area contributed by atoms with Crippen molar-refractivity contribution in [3.8, 4) is 0 Å². The highest BCUT2D eigenvalue weighted by Crippen LogP contribution is 2.66. The number of esters is 1. The average Bonchev–Trinajstić information content (AvgIpc) is 3.22. The first-order chi connectivity index (χ1) is 18.5. The number of hydrogen-bond donors (Lipinski definition) is 0. The van der Waals surface area contributed by atoms with Crippen LogP contribution in [0.1, 0.15) is 77.6 Å². The number of unbranched alkanes of at least 4 members (excludes halogenated alkanes) is 4. The molecule has 5 nitrogen and oxygen atoms in total. The van der Waals surface area contributed by atoms with Crippen LogP contribution in [-0.2, 0) is 18.7 Å². The van der Waals surface area contributed by atoms with Gasteiger partial charge >= 0.3 is 5.97 Å². The van der Waals surface area contributed by atoms with Crippen LogP contribution < -0.4 is 4.90 Å². The lowest BCUT2D eigenvalue weighted by Gasteiger charge is -2.51. The molecule has 38 heavy (non-hydrogen) atoms. The normalized spacial score (nSPS) is 24.7. The highest BCUT2D eigenvalue weighted by molar-refractivity contribution is 9.09. The Morgan fingerprint density at radius 1 is 0.868 bits per heavy atom. The van der Waals surface area contributed by atoms with Crippen molar-refractivity contribution in [1.82, 2.24) is 0 Å².